The zero-order valence-electron chi connectivity index (χ0n) is 10.9. The molecule has 0 unspecified atom stereocenters. The first-order valence-electron chi connectivity index (χ1n) is 5.80. The van der Waals surface area contributed by atoms with Crippen molar-refractivity contribution in [3.8, 4) is 0 Å². The van der Waals surface area contributed by atoms with Crippen LogP contribution in [-0.4, -0.2) is 29.3 Å². The number of hydrogen-bond acceptors (Lipinski definition) is 4. The van der Waals surface area contributed by atoms with Crippen molar-refractivity contribution in [3.63, 3.8) is 0 Å². The topological polar surface area (TPSA) is 101 Å². The zero-order chi connectivity index (χ0) is 15.6. The Kier molecular flexibility index (Phi) is 4.31. The van der Waals surface area contributed by atoms with E-state index in [1.807, 2.05) is 0 Å². The Morgan fingerprint density at radius 3 is 2.48 bits per heavy atom. The molecule has 21 heavy (non-hydrogen) atoms. The number of carboxylic acid groups (broad SMARTS) is 1. The number of aliphatic carboxylic acids is 1. The van der Waals surface area contributed by atoms with E-state index in [4.69, 9.17) is 11.6 Å². The molecule has 9 heteroatoms. The number of aromatic nitrogens is 2. The zero-order valence-corrected chi connectivity index (χ0v) is 12.5. The van der Waals surface area contributed by atoms with Crippen molar-refractivity contribution in [2.24, 2.45) is 7.05 Å². The monoisotopic (exact) mass is 329 g/mol. The highest BCUT2D eigenvalue weighted by Gasteiger charge is 2.30. The number of nitrogens with zero attached hydrogens (tertiary/aromatic N) is 2. The summed E-state index contributed by atoms with van der Waals surface area (Å²) < 4.78 is 27.8. The third-order valence-corrected chi connectivity index (χ3v) is 4.68. The summed E-state index contributed by atoms with van der Waals surface area (Å²) in [7, 11) is -2.73. The van der Waals surface area contributed by atoms with E-state index in [0.29, 0.717) is 5.56 Å². The summed E-state index contributed by atoms with van der Waals surface area (Å²) in [5.74, 6) is -1.32. The van der Waals surface area contributed by atoms with Crippen molar-refractivity contribution < 1.29 is 18.3 Å². The standard InChI is InChI=1S/C12H12ClN3O4S/c1-16-11(9(13)7-14-16)21(19,20)15-10(12(17)18)8-5-3-2-4-6-8/h2-7,10,15H,1H3,(H,17,18)/t10-/m0/s1. The van der Waals surface area contributed by atoms with Gasteiger partial charge in [0, 0.05) is 7.05 Å². The molecule has 112 valence electrons. The average molecular weight is 330 g/mol. The largest absolute Gasteiger partial charge is 0.480 e. The van der Waals surface area contributed by atoms with Crippen LogP contribution in [0.15, 0.2) is 41.6 Å². The van der Waals surface area contributed by atoms with Crippen molar-refractivity contribution in [2.75, 3.05) is 0 Å². The molecule has 1 aromatic carbocycles. The smallest absolute Gasteiger partial charge is 0.326 e. The molecule has 1 heterocycles. The van der Waals surface area contributed by atoms with E-state index >= 15 is 0 Å². The van der Waals surface area contributed by atoms with E-state index in [9.17, 15) is 18.3 Å². The number of hydrogen-bond donors (Lipinski definition) is 2. The maximum atomic E-state index is 12.3. The van der Waals surface area contributed by atoms with E-state index in [1.165, 1.54) is 25.4 Å². The Labute approximate surface area is 126 Å². The van der Waals surface area contributed by atoms with Crippen molar-refractivity contribution >= 4 is 27.6 Å². The lowest BCUT2D eigenvalue weighted by Gasteiger charge is -2.15. The van der Waals surface area contributed by atoms with Crippen LogP contribution in [0.5, 0.6) is 0 Å². The minimum atomic E-state index is -4.13. The predicted molar refractivity (Wildman–Crippen MR) is 75.4 cm³/mol. The molecule has 0 spiro atoms. The summed E-state index contributed by atoms with van der Waals surface area (Å²) in [5, 5.41) is 12.6. The molecule has 1 atom stereocenters. The third-order valence-electron chi connectivity index (χ3n) is 2.75. The van der Waals surface area contributed by atoms with E-state index in [1.54, 1.807) is 18.2 Å². The lowest BCUT2D eigenvalue weighted by molar-refractivity contribution is -0.139. The van der Waals surface area contributed by atoms with Gasteiger partial charge >= 0.3 is 5.97 Å². The number of carbonyl (C=O) groups is 1. The molecular formula is C12H12ClN3O4S. The quantitative estimate of drug-likeness (QED) is 0.857. The van der Waals surface area contributed by atoms with Crippen LogP contribution >= 0.6 is 11.6 Å². The normalized spacial score (nSPS) is 13.0. The lowest BCUT2D eigenvalue weighted by atomic mass is 10.1. The number of rotatable bonds is 5. The summed E-state index contributed by atoms with van der Waals surface area (Å²) in [6.07, 6.45) is 1.18. The van der Waals surface area contributed by atoms with Gasteiger partial charge < -0.3 is 5.11 Å². The molecule has 0 amide bonds. The molecule has 2 rings (SSSR count). The molecular weight excluding hydrogens is 318 g/mol. The van der Waals surface area contributed by atoms with Crippen LogP contribution in [0.4, 0.5) is 0 Å². The first kappa shape index (κ1) is 15.5. The van der Waals surface area contributed by atoms with Crippen LogP contribution in [0.2, 0.25) is 5.02 Å². The number of halogens is 1. The first-order valence-corrected chi connectivity index (χ1v) is 7.66. The van der Waals surface area contributed by atoms with Gasteiger partial charge in [-0.25, -0.2) is 8.42 Å². The molecule has 0 aliphatic heterocycles. The fourth-order valence-electron chi connectivity index (χ4n) is 1.82. The molecule has 0 saturated heterocycles. The molecule has 0 radical (unpaired) electrons. The fourth-order valence-corrected chi connectivity index (χ4v) is 3.65. The van der Waals surface area contributed by atoms with Gasteiger partial charge in [-0.15, -0.1) is 0 Å². The second-order valence-corrected chi connectivity index (χ2v) is 6.26. The van der Waals surface area contributed by atoms with Gasteiger partial charge in [-0.3, -0.25) is 9.48 Å². The van der Waals surface area contributed by atoms with E-state index in [-0.39, 0.29) is 10.0 Å². The molecule has 0 fully saturated rings. The molecule has 1 aromatic heterocycles. The van der Waals surface area contributed by atoms with E-state index < -0.39 is 22.0 Å². The van der Waals surface area contributed by atoms with Gasteiger partial charge in [0.2, 0.25) is 0 Å². The average Bonchev–Trinajstić information content (AvgIpc) is 2.77. The van der Waals surface area contributed by atoms with Crippen LogP contribution < -0.4 is 4.72 Å². The Morgan fingerprint density at radius 2 is 2.00 bits per heavy atom. The van der Waals surface area contributed by atoms with Crippen LogP contribution in [0.3, 0.4) is 0 Å². The van der Waals surface area contributed by atoms with Gasteiger partial charge in [0.05, 0.1) is 11.2 Å². The van der Waals surface area contributed by atoms with E-state index in [2.05, 4.69) is 9.82 Å². The number of sulfonamides is 1. The Bertz CT molecular complexity index is 739. The molecule has 0 saturated carbocycles. The summed E-state index contributed by atoms with van der Waals surface area (Å²) in [6.45, 7) is 0. The minimum absolute atomic E-state index is 0.0813. The van der Waals surface area contributed by atoms with Crippen LogP contribution in [-0.2, 0) is 21.9 Å². The van der Waals surface area contributed by atoms with Crippen molar-refractivity contribution in [3.05, 3.63) is 47.1 Å². The molecule has 0 bridgehead atoms. The number of carboxylic acids is 1. The second kappa shape index (κ2) is 5.84. The van der Waals surface area contributed by atoms with Gasteiger partial charge in [0.1, 0.15) is 6.04 Å². The SMILES string of the molecule is Cn1ncc(Cl)c1S(=O)(=O)N[C@H](C(=O)O)c1ccccc1. The van der Waals surface area contributed by atoms with Crippen LogP contribution in [0.1, 0.15) is 11.6 Å². The van der Waals surface area contributed by atoms with Crippen molar-refractivity contribution in [1.82, 2.24) is 14.5 Å². The highest BCUT2D eigenvalue weighted by molar-refractivity contribution is 7.89. The highest BCUT2D eigenvalue weighted by Crippen LogP contribution is 2.22. The van der Waals surface area contributed by atoms with Gasteiger partial charge in [0.15, 0.2) is 5.03 Å². The van der Waals surface area contributed by atoms with Crippen molar-refractivity contribution in [1.29, 1.82) is 0 Å². The molecule has 2 aromatic rings. The minimum Gasteiger partial charge on any atom is -0.480 e. The summed E-state index contributed by atoms with van der Waals surface area (Å²) in [6, 6.07) is 6.57. The first-order chi connectivity index (χ1) is 9.83. The fraction of sp³-hybridized carbons (Fsp3) is 0.167. The number of nitrogens with one attached hydrogen (secondary N) is 1. The Hall–Kier alpha value is -1.90. The second-order valence-electron chi connectivity index (χ2n) is 4.22. The van der Waals surface area contributed by atoms with Crippen LogP contribution in [0.25, 0.3) is 0 Å². The third kappa shape index (κ3) is 3.23. The maximum Gasteiger partial charge on any atom is 0.326 e. The predicted octanol–water partition coefficient (Wildman–Crippen LogP) is 1.18. The van der Waals surface area contributed by atoms with E-state index in [0.717, 1.165) is 4.68 Å². The van der Waals surface area contributed by atoms with Gasteiger partial charge in [-0.2, -0.15) is 9.82 Å². The lowest BCUT2D eigenvalue weighted by Crippen LogP contribution is -2.34. The summed E-state index contributed by atoms with van der Waals surface area (Å²) >= 11 is 5.79. The number of benzene rings is 1. The number of aryl methyl sites for hydroxylation is 1. The van der Waals surface area contributed by atoms with Crippen LogP contribution in [0, 0.1) is 0 Å². The summed E-state index contributed by atoms with van der Waals surface area (Å²) in [5.41, 5.74) is 0.312. The molecule has 0 aliphatic carbocycles. The Morgan fingerprint density at radius 1 is 1.38 bits per heavy atom. The van der Waals surface area contributed by atoms with Crippen molar-refractivity contribution in [2.45, 2.75) is 11.1 Å². The molecule has 2 N–H and O–H groups in total. The highest BCUT2D eigenvalue weighted by atomic mass is 35.5. The summed E-state index contributed by atoms with van der Waals surface area (Å²) in [4.78, 5) is 11.3. The van der Waals surface area contributed by atoms with Gasteiger partial charge in [-0.1, -0.05) is 41.9 Å². The van der Waals surface area contributed by atoms with Gasteiger partial charge in [0.25, 0.3) is 10.0 Å². The molecule has 0 aliphatic rings. The molecule has 7 nitrogen and oxygen atoms in total. The Balaban J connectivity index is 2.40. The van der Waals surface area contributed by atoms with Gasteiger partial charge in [-0.05, 0) is 5.56 Å². The maximum absolute atomic E-state index is 12.3.